The number of rotatable bonds is 6. The fourth-order valence-electron chi connectivity index (χ4n) is 1.85. The molecule has 1 amide bonds. The van der Waals surface area contributed by atoms with Crippen molar-refractivity contribution >= 4 is 17.8 Å². The van der Waals surface area contributed by atoms with Gasteiger partial charge in [-0.25, -0.2) is 0 Å². The van der Waals surface area contributed by atoms with Crippen LogP contribution in [0.3, 0.4) is 0 Å². The summed E-state index contributed by atoms with van der Waals surface area (Å²) in [5.41, 5.74) is 1.50. The molecule has 0 aromatic carbocycles. The van der Waals surface area contributed by atoms with Crippen molar-refractivity contribution in [3.05, 3.63) is 45.9 Å². The van der Waals surface area contributed by atoms with E-state index < -0.39 is 4.92 Å². The van der Waals surface area contributed by atoms with E-state index in [1.54, 1.807) is 37.1 Å². The zero-order chi connectivity index (χ0) is 16.1. The second-order valence-corrected chi connectivity index (χ2v) is 4.70. The summed E-state index contributed by atoms with van der Waals surface area (Å²) in [7, 11) is 1.79. The lowest BCUT2D eigenvalue weighted by Gasteiger charge is -2.01. The van der Waals surface area contributed by atoms with Gasteiger partial charge in [-0.1, -0.05) is 0 Å². The molecule has 0 unspecified atom stereocenters. The number of carbonyl (C=O) groups is 1. The maximum atomic E-state index is 11.6. The van der Waals surface area contributed by atoms with Crippen LogP contribution in [0, 0.1) is 17.0 Å². The van der Waals surface area contributed by atoms with Gasteiger partial charge in [0.2, 0.25) is 5.91 Å². The van der Waals surface area contributed by atoms with Crippen LogP contribution in [-0.4, -0.2) is 36.9 Å². The first kappa shape index (κ1) is 15.4. The monoisotopic (exact) mass is 304 g/mol. The summed E-state index contributed by atoms with van der Waals surface area (Å²) in [5.74, 6) is -0.441. The Labute approximate surface area is 126 Å². The lowest BCUT2D eigenvalue weighted by molar-refractivity contribution is -0.389. The minimum absolute atomic E-state index is 0.194. The van der Waals surface area contributed by atoms with E-state index in [4.69, 9.17) is 0 Å². The van der Waals surface area contributed by atoms with Crippen molar-refractivity contribution in [2.75, 3.05) is 6.54 Å². The fourth-order valence-corrected chi connectivity index (χ4v) is 1.85. The van der Waals surface area contributed by atoms with Crippen molar-refractivity contribution in [3.63, 3.8) is 0 Å². The average Bonchev–Trinajstić information content (AvgIpc) is 3.03. The second kappa shape index (κ2) is 6.66. The Hall–Kier alpha value is -2.97. The van der Waals surface area contributed by atoms with E-state index in [0.717, 1.165) is 5.56 Å². The summed E-state index contributed by atoms with van der Waals surface area (Å²) < 4.78 is 3.13. The van der Waals surface area contributed by atoms with E-state index in [1.807, 2.05) is 0 Å². The summed E-state index contributed by atoms with van der Waals surface area (Å²) in [6.07, 6.45) is 6.51. The van der Waals surface area contributed by atoms with Gasteiger partial charge >= 0.3 is 5.82 Å². The molecule has 2 aromatic rings. The van der Waals surface area contributed by atoms with Gasteiger partial charge in [0, 0.05) is 31.4 Å². The number of nitrogens with one attached hydrogen (secondary N) is 1. The first-order chi connectivity index (χ1) is 10.5. The molecule has 0 fully saturated rings. The van der Waals surface area contributed by atoms with E-state index in [1.165, 1.54) is 16.8 Å². The molecule has 2 rings (SSSR count). The van der Waals surface area contributed by atoms with Crippen molar-refractivity contribution in [3.8, 4) is 0 Å². The minimum atomic E-state index is -0.543. The lowest BCUT2D eigenvalue weighted by atomic mass is 10.3. The molecule has 1 N–H and O–H groups in total. The molecule has 0 spiro atoms. The third-order valence-electron chi connectivity index (χ3n) is 2.93. The normalized spacial score (nSPS) is 11.0. The highest BCUT2D eigenvalue weighted by atomic mass is 16.6. The molecule has 0 aliphatic heterocycles. The van der Waals surface area contributed by atoms with Crippen LogP contribution in [0.2, 0.25) is 0 Å². The van der Waals surface area contributed by atoms with E-state index >= 15 is 0 Å². The molecular formula is C13H16N6O3. The molecule has 22 heavy (non-hydrogen) atoms. The predicted octanol–water partition coefficient (Wildman–Crippen LogP) is 0.663. The SMILES string of the molecule is Cc1cc([N+](=O)[O-])nn1CCNC(=O)/C=C/c1cnn(C)c1. The van der Waals surface area contributed by atoms with Crippen molar-refractivity contribution in [1.82, 2.24) is 24.9 Å². The van der Waals surface area contributed by atoms with Crippen LogP contribution in [0.25, 0.3) is 6.08 Å². The van der Waals surface area contributed by atoms with E-state index in [2.05, 4.69) is 15.5 Å². The fraction of sp³-hybridized carbons (Fsp3) is 0.308. The Morgan fingerprint density at radius 3 is 2.91 bits per heavy atom. The number of aromatic nitrogens is 4. The molecule has 0 saturated carbocycles. The van der Waals surface area contributed by atoms with Gasteiger partial charge in [0.25, 0.3) is 0 Å². The second-order valence-electron chi connectivity index (χ2n) is 4.70. The third kappa shape index (κ3) is 4.01. The van der Waals surface area contributed by atoms with Gasteiger partial charge in [-0.05, 0) is 17.9 Å². The average molecular weight is 304 g/mol. The molecule has 9 heteroatoms. The summed E-state index contributed by atoms with van der Waals surface area (Å²) in [4.78, 5) is 21.7. The van der Waals surface area contributed by atoms with Gasteiger partial charge in [0.05, 0.1) is 29.6 Å². The first-order valence-electron chi connectivity index (χ1n) is 6.59. The molecule has 0 aliphatic rings. The van der Waals surface area contributed by atoms with Crippen molar-refractivity contribution in [2.24, 2.45) is 7.05 Å². The molecule has 0 bridgehead atoms. The van der Waals surface area contributed by atoms with Crippen molar-refractivity contribution in [1.29, 1.82) is 0 Å². The van der Waals surface area contributed by atoms with Gasteiger partial charge in [0.1, 0.15) is 0 Å². The smallest absolute Gasteiger partial charge is 0.358 e. The van der Waals surface area contributed by atoms with E-state index in [-0.39, 0.29) is 11.7 Å². The Bertz CT molecular complexity index is 715. The van der Waals surface area contributed by atoms with E-state index in [0.29, 0.717) is 18.8 Å². The van der Waals surface area contributed by atoms with Crippen LogP contribution in [0.1, 0.15) is 11.3 Å². The number of carbonyl (C=O) groups excluding carboxylic acids is 1. The minimum Gasteiger partial charge on any atom is -0.358 e. The third-order valence-corrected chi connectivity index (χ3v) is 2.93. The number of hydrogen-bond acceptors (Lipinski definition) is 5. The first-order valence-corrected chi connectivity index (χ1v) is 6.59. The van der Waals surface area contributed by atoms with Gasteiger partial charge < -0.3 is 15.4 Å². The van der Waals surface area contributed by atoms with Crippen LogP contribution < -0.4 is 5.32 Å². The molecule has 0 aliphatic carbocycles. The van der Waals surface area contributed by atoms with Gasteiger partial charge in [-0.2, -0.15) is 9.78 Å². The highest BCUT2D eigenvalue weighted by molar-refractivity contribution is 5.91. The summed E-state index contributed by atoms with van der Waals surface area (Å²) >= 11 is 0. The van der Waals surface area contributed by atoms with Crippen molar-refractivity contribution < 1.29 is 9.72 Å². The Morgan fingerprint density at radius 1 is 1.55 bits per heavy atom. The molecule has 116 valence electrons. The molecule has 0 radical (unpaired) electrons. The molecule has 2 aromatic heterocycles. The Morgan fingerprint density at radius 2 is 2.32 bits per heavy atom. The summed E-state index contributed by atoms with van der Waals surface area (Å²) in [6.45, 7) is 2.42. The molecule has 9 nitrogen and oxygen atoms in total. The Balaban J connectivity index is 1.82. The highest BCUT2D eigenvalue weighted by Crippen LogP contribution is 2.10. The topological polar surface area (TPSA) is 108 Å². The zero-order valence-corrected chi connectivity index (χ0v) is 12.3. The zero-order valence-electron chi connectivity index (χ0n) is 12.3. The largest absolute Gasteiger partial charge is 0.390 e. The summed E-state index contributed by atoms with van der Waals surface area (Å²) in [5, 5.41) is 21.1. The van der Waals surface area contributed by atoms with E-state index in [9.17, 15) is 14.9 Å². The van der Waals surface area contributed by atoms with Crippen LogP contribution in [-0.2, 0) is 18.4 Å². The standard InChI is InChI=1S/C13H16N6O3/c1-10-7-12(19(21)22)16-18(10)6-5-14-13(20)4-3-11-8-15-17(2)9-11/h3-4,7-9H,5-6H2,1-2H3,(H,14,20)/b4-3+. The maximum Gasteiger partial charge on any atom is 0.390 e. The number of nitrogens with zero attached hydrogens (tertiary/aromatic N) is 5. The molecular weight excluding hydrogens is 288 g/mol. The maximum absolute atomic E-state index is 11.6. The van der Waals surface area contributed by atoms with Gasteiger partial charge in [-0.3, -0.25) is 9.48 Å². The molecule has 2 heterocycles. The number of amides is 1. The quantitative estimate of drug-likeness (QED) is 0.479. The number of aryl methyl sites for hydroxylation is 2. The van der Waals surface area contributed by atoms with Gasteiger partial charge in [0.15, 0.2) is 0 Å². The predicted molar refractivity (Wildman–Crippen MR) is 78.9 cm³/mol. The van der Waals surface area contributed by atoms with Crippen molar-refractivity contribution in [2.45, 2.75) is 13.5 Å². The highest BCUT2D eigenvalue weighted by Gasteiger charge is 2.14. The van der Waals surface area contributed by atoms with Crippen LogP contribution in [0.5, 0.6) is 0 Å². The van der Waals surface area contributed by atoms with Crippen LogP contribution >= 0.6 is 0 Å². The number of nitro groups is 1. The lowest BCUT2D eigenvalue weighted by Crippen LogP contribution is -2.26. The van der Waals surface area contributed by atoms with Crippen LogP contribution in [0.15, 0.2) is 24.5 Å². The Kier molecular flexibility index (Phi) is 4.66. The molecule has 0 atom stereocenters. The number of hydrogen-bond donors (Lipinski definition) is 1. The van der Waals surface area contributed by atoms with Gasteiger partial charge in [-0.15, -0.1) is 0 Å². The van der Waals surface area contributed by atoms with Crippen LogP contribution in [0.4, 0.5) is 5.82 Å². The summed E-state index contributed by atoms with van der Waals surface area (Å²) in [6, 6.07) is 1.39. The molecule has 0 saturated heterocycles.